The molecule has 0 saturated heterocycles. The van der Waals surface area contributed by atoms with Gasteiger partial charge in [-0.2, -0.15) is 4.31 Å². The lowest BCUT2D eigenvalue weighted by Gasteiger charge is -2.13. The average Bonchev–Trinajstić information content (AvgIpc) is 2.03. The number of hydrogen-bond donors (Lipinski definition) is 1. The molecular formula is C8H18N2O3S. The van der Waals surface area contributed by atoms with Crippen molar-refractivity contribution in [3.8, 4) is 0 Å². The molecule has 0 radical (unpaired) electrons. The second-order valence-electron chi connectivity index (χ2n) is 3.22. The van der Waals surface area contributed by atoms with Crippen molar-refractivity contribution < 1.29 is 13.2 Å². The molecule has 6 heteroatoms. The van der Waals surface area contributed by atoms with Crippen LogP contribution < -0.4 is 5.32 Å². The maximum atomic E-state index is 11.2. The van der Waals surface area contributed by atoms with Crippen molar-refractivity contribution in [1.82, 2.24) is 9.62 Å². The molecule has 0 unspecified atom stereocenters. The normalized spacial score (nSPS) is 11.7. The van der Waals surface area contributed by atoms with Gasteiger partial charge in [-0.3, -0.25) is 4.79 Å². The van der Waals surface area contributed by atoms with Crippen LogP contribution in [-0.4, -0.2) is 45.0 Å². The van der Waals surface area contributed by atoms with E-state index in [-0.39, 0.29) is 12.5 Å². The minimum Gasteiger partial charge on any atom is -0.355 e. The summed E-state index contributed by atoms with van der Waals surface area (Å²) in [6.07, 6.45) is 2.99. The molecule has 0 spiro atoms. The van der Waals surface area contributed by atoms with Crippen molar-refractivity contribution in [3.63, 3.8) is 0 Å². The number of rotatable bonds is 6. The summed E-state index contributed by atoms with van der Waals surface area (Å²) in [6, 6.07) is 0. The number of amides is 1. The van der Waals surface area contributed by atoms with E-state index in [1.54, 1.807) is 0 Å². The largest absolute Gasteiger partial charge is 0.355 e. The summed E-state index contributed by atoms with van der Waals surface area (Å²) in [6.45, 7) is 2.52. The van der Waals surface area contributed by atoms with Gasteiger partial charge in [-0.15, -0.1) is 0 Å². The third-order valence-corrected chi connectivity index (χ3v) is 3.05. The van der Waals surface area contributed by atoms with E-state index in [0.717, 1.165) is 23.4 Å². The lowest BCUT2D eigenvalue weighted by Crippen LogP contribution is -2.38. The lowest BCUT2D eigenvalue weighted by atomic mass is 10.3. The zero-order valence-electron chi connectivity index (χ0n) is 8.91. The molecule has 14 heavy (non-hydrogen) atoms. The van der Waals surface area contributed by atoms with Gasteiger partial charge in [0.1, 0.15) is 0 Å². The number of carbonyl (C=O) groups is 1. The molecule has 0 aromatic heterocycles. The predicted molar refractivity (Wildman–Crippen MR) is 55.4 cm³/mol. The molecule has 0 aliphatic heterocycles. The number of nitrogens with zero attached hydrogens (tertiary/aromatic N) is 1. The number of nitrogens with one attached hydrogen (secondary N) is 1. The van der Waals surface area contributed by atoms with Crippen LogP contribution >= 0.6 is 0 Å². The van der Waals surface area contributed by atoms with Crippen LogP contribution in [0.15, 0.2) is 0 Å². The highest BCUT2D eigenvalue weighted by molar-refractivity contribution is 7.88. The Hall–Kier alpha value is -0.620. The average molecular weight is 222 g/mol. The number of sulfonamides is 1. The number of unbranched alkanes of at least 4 members (excludes halogenated alkanes) is 1. The Morgan fingerprint density at radius 2 is 2.00 bits per heavy atom. The third kappa shape index (κ3) is 5.93. The monoisotopic (exact) mass is 222 g/mol. The molecule has 0 aromatic carbocycles. The molecular weight excluding hydrogens is 204 g/mol. The Bertz CT molecular complexity index is 274. The molecule has 84 valence electrons. The molecule has 1 N–H and O–H groups in total. The first-order valence-electron chi connectivity index (χ1n) is 4.56. The van der Waals surface area contributed by atoms with Crippen molar-refractivity contribution in [2.75, 3.05) is 26.4 Å². The van der Waals surface area contributed by atoms with E-state index < -0.39 is 10.0 Å². The zero-order valence-corrected chi connectivity index (χ0v) is 9.73. The van der Waals surface area contributed by atoms with Gasteiger partial charge in [0.05, 0.1) is 12.8 Å². The van der Waals surface area contributed by atoms with E-state index in [1.165, 1.54) is 7.05 Å². The molecule has 0 aliphatic carbocycles. The van der Waals surface area contributed by atoms with Gasteiger partial charge in [-0.05, 0) is 6.42 Å². The van der Waals surface area contributed by atoms with Crippen LogP contribution in [0.4, 0.5) is 0 Å². The SMILES string of the molecule is CCCCNC(=O)CN(C)S(C)(=O)=O. The van der Waals surface area contributed by atoms with Crippen LogP contribution in [0.3, 0.4) is 0 Å². The Balaban J connectivity index is 3.84. The van der Waals surface area contributed by atoms with Gasteiger partial charge in [0.2, 0.25) is 15.9 Å². The summed E-state index contributed by atoms with van der Waals surface area (Å²) < 4.78 is 22.9. The first-order chi connectivity index (χ1) is 6.38. The summed E-state index contributed by atoms with van der Waals surface area (Å²) >= 11 is 0. The number of carbonyl (C=O) groups excluding carboxylic acids is 1. The van der Waals surface area contributed by atoms with Crippen LogP contribution in [-0.2, 0) is 14.8 Å². The van der Waals surface area contributed by atoms with Crippen molar-refractivity contribution in [3.05, 3.63) is 0 Å². The maximum absolute atomic E-state index is 11.2. The first-order valence-corrected chi connectivity index (χ1v) is 6.40. The molecule has 0 atom stereocenters. The highest BCUT2D eigenvalue weighted by Crippen LogP contribution is 1.91. The molecule has 0 heterocycles. The highest BCUT2D eigenvalue weighted by atomic mass is 32.2. The van der Waals surface area contributed by atoms with Crippen LogP contribution in [0.25, 0.3) is 0 Å². The van der Waals surface area contributed by atoms with Gasteiger partial charge < -0.3 is 5.32 Å². The fraction of sp³-hybridized carbons (Fsp3) is 0.875. The second-order valence-corrected chi connectivity index (χ2v) is 5.31. The summed E-state index contributed by atoms with van der Waals surface area (Å²) in [5.41, 5.74) is 0. The van der Waals surface area contributed by atoms with E-state index in [2.05, 4.69) is 5.32 Å². The Morgan fingerprint density at radius 3 is 2.43 bits per heavy atom. The molecule has 0 rings (SSSR count). The van der Waals surface area contributed by atoms with Crippen LogP contribution in [0.5, 0.6) is 0 Å². The van der Waals surface area contributed by atoms with Crippen LogP contribution in [0, 0.1) is 0 Å². The van der Waals surface area contributed by atoms with E-state index in [1.807, 2.05) is 6.92 Å². The van der Waals surface area contributed by atoms with Crippen molar-refractivity contribution >= 4 is 15.9 Å². The van der Waals surface area contributed by atoms with Gasteiger partial charge in [0.15, 0.2) is 0 Å². The lowest BCUT2D eigenvalue weighted by molar-refractivity contribution is -0.121. The standard InChI is InChI=1S/C8H18N2O3S/c1-4-5-6-9-8(11)7-10(2)14(3,12)13/h4-7H2,1-3H3,(H,9,11). The smallest absolute Gasteiger partial charge is 0.235 e. The van der Waals surface area contributed by atoms with Crippen LogP contribution in [0.1, 0.15) is 19.8 Å². The number of likely N-dealkylation sites (N-methyl/N-ethyl adjacent to an activating group) is 1. The first kappa shape index (κ1) is 13.4. The minimum atomic E-state index is -3.26. The van der Waals surface area contributed by atoms with E-state index in [9.17, 15) is 13.2 Å². The molecule has 0 aromatic rings. The van der Waals surface area contributed by atoms with Gasteiger partial charge in [0.25, 0.3) is 0 Å². The highest BCUT2D eigenvalue weighted by Gasteiger charge is 2.14. The van der Waals surface area contributed by atoms with E-state index >= 15 is 0 Å². The van der Waals surface area contributed by atoms with Gasteiger partial charge in [-0.25, -0.2) is 8.42 Å². The van der Waals surface area contributed by atoms with E-state index in [4.69, 9.17) is 0 Å². The molecule has 0 saturated carbocycles. The molecule has 1 amide bonds. The fourth-order valence-corrected chi connectivity index (χ4v) is 1.13. The maximum Gasteiger partial charge on any atom is 0.235 e. The second kappa shape index (κ2) is 5.98. The molecule has 0 fully saturated rings. The van der Waals surface area contributed by atoms with Gasteiger partial charge >= 0.3 is 0 Å². The predicted octanol–water partition coefficient (Wildman–Crippen LogP) is -0.206. The quantitative estimate of drug-likeness (QED) is 0.633. The third-order valence-electron chi connectivity index (χ3n) is 1.78. The Labute approximate surface area is 85.5 Å². The van der Waals surface area contributed by atoms with Gasteiger partial charge in [-0.1, -0.05) is 13.3 Å². The zero-order chi connectivity index (χ0) is 11.2. The Kier molecular flexibility index (Phi) is 5.71. The molecule has 5 nitrogen and oxygen atoms in total. The van der Waals surface area contributed by atoms with Crippen LogP contribution in [0.2, 0.25) is 0 Å². The van der Waals surface area contributed by atoms with E-state index in [0.29, 0.717) is 6.54 Å². The summed E-state index contributed by atoms with van der Waals surface area (Å²) in [4.78, 5) is 11.2. The summed E-state index contributed by atoms with van der Waals surface area (Å²) in [7, 11) is -1.87. The van der Waals surface area contributed by atoms with Crippen molar-refractivity contribution in [1.29, 1.82) is 0 Å². The molecule has 0 aliphatic rings. The minimum absolute atomic E-state index is 0.109. The topological polar surface area (TPSA) is 66.5 Å². The fourth-order valence-electron chi connectivity index (χ4n) is 0.780. The number of hydrogen-bond acceptors (Lipinski definition) is 3. The van der Waals surface area contributed by atoms with Gasteiger partial charge in [0, 0.05) is 13.6 Å². The molecule has 0 bridgehead atoms. The van der Waals surface area contributed by atoms with Crippen molar-refractivity contribution in [2.24, 2.45) is 0 Å². The Morgan fingerprint density at radius 1 is 1.43 bits per heavy atom. The summed E-state index contributed by atoms with van der Waals surface area (Å²) in [5.74, 6) is -0.258. The summed E-state index contributed by atoms with van der Waals surface area (Å²) in [5, 5.41) is 2.64. The van der Waals surface area contributed by atoms with Crippen molar-refractivity contribution in [2.45, 2.75) is 19.8 Å².